The minimum atomic E-state index is -0.396. The monoisotopic (exact) mass is 278 g/mol. The molecule has 0 fully saturated rings. The zero-order chi connectivity index (χ0) is 13.8. The van der Waals surface area contributed by atoms with Crippen molar-refractivity contribution < 1.29 is 13.9 Å². The van der Waals surface area contributed by atoms with E-state index >= 15 is 0 Å². The van der Waals surface area contributed by atoms with Gasteiger partial charge in [0.25, 0.3) is 0 Å². The van der Waals surface area contributed by atoms with Crippen LogP contribution in [0.3, 0.4) is 0 Å². The Labute approximate surface area is 115 Å². The Balaban J connectivity index is 2.35. The number of benzene rings is 2. The number of ether oxygens (including phenoxy) is 1. The molecule has 2 nitrogen and oxygen atoms in total. The lowest BCUT2D eigenvalue weighted by atomic mass is 10.0. The summed E-state index contributed by atoms with van der Waals surface area (Å²) in [5, 5.41) is 0.620. The Morgan fingerprint density at radius 1 is 1.16 bits per heavy atom. The molecule has 0 aliphatic heterocycles. The summed E-state index contributed by atoms with van der Waals surface area (Å²) >= 11 is 5.81. The molecule has 2 aromatic carbocycles. The normalized spacial score (nSPS) is 10.3. The molecule has 0 aliphatic carbocycles. The molecule has 0 aliphatic rings. The van der Waals surface area contributed by atoms with Crippen LogP contribution in [0, 0.1) is 5.82 Å². The molecule has 0 atom stereocenters. The second-order valence-electron chi connectivity index (χ2n) is 4.11. The van der Waals surface area contributed by atoms with Crippen molar-refractivity contribution in [3.63, 3.8) is 0 Å². The standard InChI is InChI=1S/C15H12ClFO2/c1-19-15(18)8-10-6-12(9-14(17)7-10)11-2-4-13(16)5-3-11/h2-7,9H,8H2,1H3. The Kier molecular flexibility index (Phi) is 4.17. The van der Waals surface area contributed by atoms with Crippen LogP contribution in [0.15, 0.2) is 42.5 Å². The smallest absolute Gasteiger partial charge is 0.309 e. The third-order valence-electron chi connectivity index (χ3n) is 2.71. The third kappa shape index (κ3) is 3.55. The van der Waals surface area contributed by atoms with E-state index in [4.69, 9.17) is 11.6 Å². The van der Waals surface area contributed by atoms with Gasteiger partial charge in [0, 0.05) is 5.02 Å². The molecule has 19 heavy (non-hydrogen) atoms. The van der Waals surface area contributed by atoms with Crippen LogP contribution in [0.1, 0.15) is 5.56 Å². The Bertz CT molecular complexity index is 594. The van der Waals surface area contributed by atoms with Crippen LogP contribution in [0.5, 0.6) is 0 Å². The van der Waals surface area contributed by atoms with Gasteiger partial charge in [0.15, 0.2) is 0 Å². The maximum Gasteiger partial charge on any atom is 0.309 e. The van der Waals surface area contributed by atoms with Gasteiger partial charge in [-0.05, 0) is 41.0 Å². The zero-order valence-corrected chi connectivity index (χ0v) is 11.1. The van der Waals surface area contributed by atoms with E-state index in [0.29, 0.717) is 16.1 Å². The molecule has 0 saturated heterocycles. The maximum absolute atomic E-state index is 13.6. The van der Waals surface area contributed by atoms with Crippen LogP contribution in [0.4, 0.5) is 4.39 Å². The van der Waals surface area contributed by atoms with Gasteiger partial charge in [0.05, 0.1) is 13.5 Å². The van der Waals surface area contributed by atoms with Crippen molar-refractivity contribution in [3.05, 3.63) is 58.9 Å². The molecule has 0 spiro atoms. The molecule has 4 heteroatoms. The van der Waals surface area contributed by atoms with Gasteiger partial charge in [-0.2, -0.15) is 0 Å². The topological polar surface area (TPSA) is 26.3 Å². The molecule has 0 amide bonds. The van der Waals surface area contributed by atoms with E-state index in [0.717, 1.165) is 5.56 Å². The first kappa shape index (κ1) is 13.6. The van der Waals surface area contributed by atoms with Crippen LogP contribution >= 0.6 is 11.6 Å². The summed E-state index contributed by atoms with van der Waals surface area (Å²) in [5.41, 5.74) is 2.13. The molecule has 0 aromatic heterocycles. The van der Waals surface area contributed by atoms with Crippen LogP contribution in [-0.2, 0) is 16.0 Å². The van der Waals surface area contributed by atoms with Gasteiger partial charge in [-0.25, -0.2) is 4.39 Å². The molecule has 0 N–H and O–H groups in total. The molecule has 0 radical (unpaired) electrons. The SMILES string of the molecule is COC(=O)Cc1cc(F)cc(-c2ccc(Cl)cc2)c1. The number of hydrogen-bond acceptors (Lipinski definition) is 2. The number of hydrogen-bond donors (Lipinski definition) is 0. The molecule has 2 rings (SSSR count). The summed E-state index contributed by atoms with van der Waals surface area (Å²) in [4.78, 5) is 11.2. The number of carbonyl (C=O) groups excluding carboxylic acids is 1. The number of esters is 1. The van der Waals surface area contributed by atoms with Crippen molar-refractivity contribution in [1.82, 2.24) is 0 Å². The van der Waals surface area contributed by atoms with Crippen molar-refractivity contribution in [2.24, 2.45) is 0 Å². The van der Waals surface area contributed by atoms with Gasteiger partial charge in [-0.15, -0.1) is 0 Å². The van der Waals surface area contributed by atoms with Crippen LogP contribution in [0.2, 0.25) is 5.02 Å². The highest BCUT2D eigenvalue weighted by Gasteiger charge is 2.07. The molecular formula is C15H12ClFO2. The van der Waals surface area contributed by atoms with Gasteiger partial charge in [0.1, 0.15) is 5.82 Å². The molecule has 98 valence electrons. The van der Waals surface area contributed by atoms with Crippen LogP contribution in [-0.4, -0.2) is 13.1 Å². The summed E-state index contributed by atoms with van der Waals surface area (Å²) < 4.78 is 18.1. The van der Waals surface area contributed by atoms with E-state index in [1.54, 1.807) is 30.3 Å². The summed E-state index contributed by atoms with van der Waals surface area (Å²) in [6, 6.07) is 11.6. The number of rotatable bonds is 3. The first-order valence-electron chi connectivity index (χ1n) is 5.70. The quantitative estimate of drug-likeness (QED) is 0.797. The van der Waals surface area contributed by atoms with Crippen molar-refractivity contribution in [3.8, 4) is 11.1 Å². The Morgan fingerprint density at radius 2 is 1.84 bits per heavy atom. The lowest BCUT2D eigenvalue weighted by Crippen LogP contribution is -2.04. The first-order valence-corrected chi connectivity index (χ1v) is 6.08. The van der Waals surface area contributed by atoms with Gasteiger partial charge >= 0.3 is 5.97 Å². The van der Waals surface area contributed by atoms with Crippen molar-refractivity contribution in [2.75, 3.05) is 7.11 Å². The number of carbonyl (C=O) groups is 1. The van der Waals surface area contributed by atoms with E-state index in [2.05, 4.69) is 4.74 Å². The fourth-order valence-electron chi connectivity index (χ4n) is 1.80. The van der Waals surface area contributed by atoms with Crippen molar-refractivity contribution in [1.29, 1.82) is 0 Å². The molecule has 0 saturated carbocycles. The predicted octanol–water partition coefficient (Wildman–Crippen LogP) is 3.86. The average molecular weight is 279 g/mol. The molecule has 0 heterocycles. The van der Waals surface area contributed by atoms with E-state index < -0.39 is 5.97 Å². The minimum Gasteiger partial charge on any atom is -0.469 e. The second-order valence-corrected chi connectivity index (χ2v) is 4.54. The summed E-state index contributed by atoms with van der Waals surface area (Å²) in [6.07, 6.45) is 0.0504. The summed E-state index contributed by atoms with van der Waals surface area (Å²) in [6.45, 7) is 0. The molecule has 0 unspecified atom stereocenters. The second kappa shape index (κ2) is 5.85. The lowest BCUT2D eigenvalue weighted by Gasteiger charge is -2.06. The lowest BCUT2D eigenvalue weighted by molar-refractivity contribution is -0.139. The van der Waals surface area contributed by atoms with Gasteiger partial charge < -0.3 is 4.74 Å². The fourth-order valence-corrected chi connectivity index (χ4v) is 1.93. The highest BCUT2D eigenvalue weighted by Crippen LogP contribution is 2.24. The van der Waals surface area contributed by atoms with E-state index in [1.807, 2.05) is 0 Å². The largest absolute Gasteiger partial charge is 0.469 e. The summed E-state index contributed by atoms with van der Waals surface area (Å²) in [5.74, 6) is -0.779. The predicted molar refractivity (Wildman–Crippen MR) is 72.6 cm³/mol. The average Bonchev–Trinajstić information content (AvgIpc) is 2.38. The van der Waals surface area contributed by atoms with Gasteiger partial charge in [-0.3, -0.25) is 4.79 Å². The zero-order valence-electron chi connectivity index (χ0n) is 10.3. The van der Waals surface area contributed by atoms with Crippen molar-refractivity contribution in [2.45, 2.75) is 6.42 Å². The first-order chi connectivity index (χ1) is 9.08. The van der Waals surface area contributed by atoms with Gasteiger partial charge in [0.2, 0.25) is 0 Å². The third-order valence-corrected chi connectivity index (χ3v) is 2.96. The van der Waals surface area contributed by atoms with Crippen molar-refractivity contribution >= 4 is 17.6 Å². The van der Waals surface area contributed by atoms with E-state index in [9.17, 15) is 9.18 Å². The fraction of sp³-hybridized carbons (Fsp3) is 0.133. The molecule has 0 bridgehead atoms. The number of halogens is 2. The Morgan fingerprint density at radius 3 is 2.47 bits per heavy atom. The highest BCUT2D eigenvalue weighted by molar-refractivity contribution is 6.30. The van der Waals surface area contributed by atoms with Gasteiger partial charge in [-0.1, -0.05) is 29.8 Å². The van der Waals surface area contributed by atoms with Crippen LogP contribution in [0.25, 0.3) is 11.1 Å². The molecule has 2 aromatic rings. The molecular weight excluding hydrogens is 267 g/mol. The number of methoxy groups -OCH3 is 1. The summed E-state index contributed by atoms with van der Waals surface area (Å²) in [7, 11) is 1.31. The van der Waals surface area contributed by atoms with Crippen LogP contribution < -0.4 is 0 Å². The van der Waals surface area contributed by atoms with E-state index in [1.165, 1.54) is 19.2 Å². The maximum atomic E-state index is 13.6. The Hall–Kier alpha value is -1.87. The minimum absolute atomic E-state index is 0.0504. The van der Waals surface area contributed by atoms with E-state index in [-0.39, 0.29) is 12.2 Å². The highest BCUT2D eigenvalue weighted by atomic mass is 35.5.